The maximum Gasteiger partial charge on any atom is 0.213 e. The average molecular weight is 275 g/mol. The second-order valence-electron chi connectivity index (χ2n) is 4.29. The summed E-state index contributed by atoms with van der Waals surface area (Å²) in [5.74, 6) is 0.660. The lowest BCUT2D eigenvalue weighted by Crippen LogP contribution is -2.32. The van der Waals surface area contributed by atoms with Gasteiger partial charge in [-0.3, -0.25) is 0 Å². The Morgan fingerprint density at radius 2 is 2.20 bits per heavy atom. The summed E-state index contributed by atoms with van der Waals surface area (Å²) in [5.41, 5.74) is 6.74. The van der Waals surface area contributed by atoms with Crippen LogP contribution in [0.4, 0.5) is 0 Å². The maximum absolute atomic E-state index is 8.88. The largest absolute Gasteiger partial charge is 0.409 e. The van der Waals surface area contributed by atoms with Crippen molar-refractivity contribution in [2.45, 2.75) is 12.3 Å². The zero-order chi connectivity index (χ0) is 14.2. The summed E-state index contributed by atoms with van der Waals surface area (Å²) >= 11 is 0. The number of hydrogen-bond acceptors (Lipinski definition) is 6. The SMILES string of the molecule is N/C(=N/O)C(CNCCc1ncon1)c1ccccc1. The van der Waals surface area contributed by atoms with Crippen LogP contribution in [0, 0.1) is 0 Å². The van der Waals surface area contributed by atoms with Gasteiger partial charge in [0.2, 0.25) is 6.39 Å². The van der Waals surface area contributed by atoms with Gasteiger partial charge in [-0.25, -0.2) is 0 Å². The third kappa shape index (κ3) is 3.79. The number of nitrogens with one attached hydrogen (secondary N) is 1. The fourth-order valence-corrected chi connectivity index (χ4v) is 1.90. The van der Waals surface area contributed by atoms with Gasteiger partial charge in [0.05, 0.1) is 5.92 Å². The monoisotopic (exact) mass is 275 g/mol. The van der Waals surface area contributed by atoms with Gasteiger partial charge in [-0.2, -0.15) is 4.98 Å². The standard InChI is InChI=1S/C13H17N5O2/c14-13(17-19)11(10-4-2-1-3-5-10)8-15-7-6-12-16-9-20-18-12/h1-5,9,11,15,19H,6-8H2,(H2,14,17). The van der Waals surface area contributed by atoms with Gasteiger partial charge < -0.3 is 20.8 Å². The first-order valence-corrected chi connectivity index (χ1v) is 6.29. The first-order valence-electron chi connectivity index (χ1n) is 6.29. The molecule has 1 aromatic heterocycles. The molecule has 0 aliphatic carbocycles. The molecule has 0 bridgehead atoms. The smallest absolute Gasteiger partial charge is 0.213 e. The molecule has 4 N–H and O–H groups in total. The molecule has 20 heavy (non-hydrogen) atoms. The van der Waals surface area contributed by atoms with Crippen LogP contribution in [-0.2, 0) is 6.42 Å². The lowest BCUT2D eigenvalue weighted by molar-refractivity contribution is 0.315. The highest BCUT2D eigenvalue weighted by molar-refractivity contribution is 5.87. The first-order chi connectivity index (χ1) is 9.81. The molecule has 0 aliphatic rings. The molecule has 1 atom stereocenters. The minimum atomic E-state index is -0.175. The van der Waals surface area contributed by atoms with Crippen molar-refractivity contribution in [3.63, 3.8) is 0 Å². The predicted molar refractivity (Wildman–Crippen MR) is 73.5 cm³/mol. The highest BCUT2D eigenvalue weighted by Crippen LogP contribution is 2.14. The van der Waals surface area contributed by atoms with E-state index in [2.05, 4.69) is 25.1 Å². The fraction of sp³-hybridized carbons (Fsp3) is 0.308. The Morgan fingerprint density at radius 1 is 1.40 bits per heavy atom. The molecule has 106 valence electrons. The normalized spacial score (nSPS) is 13.3. The fourth-order valence-electron chi connectivity index (χ4n) is 1.90. The Hall–Kier alpha value is -2.41. The summed E-state index contributed by atoms with van der Waals surface area (Å²) in [7, 11) is 0. The van der Waals surface area contributed by atoms with Crippen LogP contribution in [-0.4, -0.2) is 34.3 Å². The highest BCUT2D eigenvalue weighted by Gasteiger charge is 2.15. The number of nitrogens with two attached hydrogens (primary N) is 1. The van der Waals surface area contributed by atoms with Crippen LogP contribution in [0.2, 0.25) is 0 Å². The van der Waals surface area contributed by atoms with Crippen molar-refractivity contribution in [1.29, 1.82) is 0 Å². The Labute approximate surface area is 116 Å². The molecule has 7 heteroatoms. The minimum Gasteiger partial charge on any atom is -0.409 e. The number of oxime groups is 1. The average Bonchev–Trinajstić information content (AvgIpc) is 3.01. The third-order valence-electron chi connectivity index (χ3n) is 2.96. The molecule has 0 amide bonds. The van der Waals surface area contributed by atoms with E-state index in [1.165, 1.54) is 6.39 Å². The molecular formula is C13H17N5O2. The highest BCUT2D eigenvalue weighted by atomic mass is 16.5. The molecule has 2 rings (SSSR count). The molecule has 0 spiro atoms. The molecule has 1 heterocycles. The van der Waals surface area contributed by atoms with Crippen molar-refractivity contribution in [1.82, 2.24) is 15.5 Å². The van der Waals surface area contributed by atoms with Gasteiger partial charge >= 0.3 is 0 Å². The summed E-state index contributed by atoms with van der Waals surface area (Å²) in [6, 6.07) is 9.67. The van der Waals surface area contributed by atoms with Gasteiger partial charge in [-0.1, -0.05) is 40.6 Å². The number of nitrogens with zero attached hydrogens (tertiary/aromatic N) is 3. The van der Waals surface area contributed by atoms with Gasteiger partial charge in [-0.15, -0.1) is 0 Å². The Morgan fingerprint density at radius 3 is 2.85 bits per heavy atom. The zero-order valence-corrected chi connectivity index (χ0v) is 10.9. The first kappa shape index (κ1) is 14.0. The number of aromatic nitrogens is 2. The Kier molecular flexibility index (Phi) is 5.08. The van der Waals surface area contributed by atoms with Gasteiger partial charge in [0.25, 0.3) is 0 Å². The van der Waals surface area contributed by atoms with Crippen LogP contribution < -0.4 is 11.1 Å². The molecule has 1 unspecified atom stereocenters. The number of amidine groups is 1. The molecule has 0 radical (unpaired) electrons. The van der Waals surface area contributed by atoms with E-state index in [1.807, 2.05) is 30.3 Å². The third-order valence-corrected chi connectivity index (χ3v) is 2.96. The molecule has 1 aromatic carbocycles. The summed E-state index contributed by atoms with van der Waals surface area (Å²) in [6.45, 7) is 1.25. The zero-order valence-electron chi connectivity index (χ0n) is 10.9. The van der Waals surface area contributed by atoms with E-state index >= 15 is 0 Å². The summed E-state index contributed by atoms with van der Waals surface area (Å²) in [4.78, 5) is 3.94. The van der Waals surface area contributed by atoms with Gasteiger partial charge in [0, 0.05) is 19.5 Å². The molecule has 0 saturated carbocycles. The van der Waals surface area contributed by atoms with Crippen LogP contribution in [0.3, 0.4) is 0 Å². The molecular weight excluding hydrogens is 258 g/mol. The van der Waals surface area contributed by atoms with Crippen molar-refractivity contribution >= 4 is 5.84 Å². The number of hydrogen-bond donors (Lipinski definition) is 3. The van der Waals surface area contributed by atoms with E-state index < -0.39 is 0 Å². The van der Waals surface area contributed by atoms with Crippen LogP contribution in [0.5, 0.6) is 0 Å². The predicted octanol–water partition coefficient (Wildman–Crippen LogP) is 0.732. The number of benzene rings is 1. The van der Waals surface area contributed by atoms with E-state index in [4.69, 9.17) is 10.9 Å². The van der Waals surface area contributed by atoms with Crippen molar-refractivity contribution in [2.75, 3.05) is 13.1 Å². The topological polar surface area (TPSA) is 110 Å². The Balaban J connectivity index is 1.89. The van der Waals surface area contributed by atoms with E-state index in [0.29, 0.717) is 25.3 Å². The van der Waals surface area contributed by atoms with Crippen molar-refractivity contribution in [3.05, 3.63) is 48.1 Å². The molecule has 0 aliphatic heterocycles. The van der Waals surface area contributed by atoms with Crippen LogP contribution >= 0.6 is 0 Å². The second-order valence-corrected chi connectivity index (χ2v) is 4.29. The van der Waals surface area contributed by atoms with Crippen LogP contribution in [0.15, 0.2) is 46.4 Å². The lowest BCUT2D eigenvalue weighted by Gasteiger charge is -2.16. The molecule has 7 nitrogen and oxygen atoms in total. The van der Waals surface area contributed by atoms with Crippen LogP contribution in [0.25, 0.3) is 0 Å². The second kappa shape index (κ2) is 7.25. The summed E-state index contributed by atoms with van der Waals surface area (Å²) in [5, 5.41) is 19.0. The van der Waals surface area contributed by atoms with Crippen LogP contribution in [0.1, 0.15) is 17.3 Å². The summed E-state index contributed by atoms with van der Waals surface area (Å²) in [6.07, 6.45) is 1.96. The van der Waals surface area contributed by atoms with E-state index in [1.54, 1.807) is 0 Å². The van der Waals surface area contributed by atoms with E-state index in [9.17, 15) is 0 Å². The maximum atomic E-state index is 8.88. The van der Waals surface area contributed by atoms with Gasteiger partial charge in [-0.05, 0) is 5.56 Å². The van der Waals surface area contributed by atoms with Gasteiger partial charge in [0.15, 0.2) is 5.82 Å². The number of rotatable bonds is 7. The molecule has 0 saturated heterocycles. The summed E-state index contributed by atoms with van der Waals surface area (Å²) < 4.78 is 4.66. The van der Waals surface area contributed by atoms with Crippen molar-refractivity contribution in [2.24, 2.45) is 10.9 Å². The molecule has 0 fully saturated rings. The van der Waals surface area contributed by atoms with E-state index in [0.717, 1.165) is 5.56 Å². The quantitative estimate of drug-likeness (QED) is 0.226. The van der Waals surface area contributed by atoms with Gasteiger partial charge in [0.1, 0.15) is 5.84 Å². The Bertz CT molecular complexity index is 527. The van der Waals surface area contributed by atoms with Crippen molar-refractivity contribution < 1.29 is 9.73 Å². The minimum absolute atomic E-state index is 0.175. The van der Waals surface area contributed by atoms with Crippen molar-refractivity contribution in [3.8, 4) is 0 Å². The molecule has 2 aromatic rings. The lowest BCUT2D eigenvalue weighted by atomic mass is 9.98. The van der Waals surface area contributed by atoms with E-state index in [-0.39, 0.29) is 11.8 Å².